The van der Waals surface area contributed by atoms with E-state index in [0.29, 0.717) is 5.75 Å². The average molecular weight is 454 g/mol. The highest BCUT2D eigenvalue weighted by atomic mass is 16.5. The van der Waals surface area contributed by atoms with Crippen LogP contribution in [0.4, 0.5) is 5.69 Å². The van der Waals surface area contributed by atoms with Crippen LogP contribution in [0.15, 0.2) is 53.6 Å². The molecule has 0 aromatic heterocycles. The molecular weight excluding hydrogens is 414 g/mol. The van der Waals surface area contributed by atoms with Crippen molar-refractivity contribution in [2.45, 2.75) is 59.3 Å². The Bertz CT molecular complexity index is 816. The second kappa shape index (κ2) is 15.7. The summed E-state index contributed by atoms with van der Waals surface area (Å²) in [5.74, 6) is 1.12. The highest BCUT2D eigenvalue weighted by Gasteiger charge is 2.03. The Balaban J connectivity index is 1.64. The van der Waals surface area contributed by atoms with E-state index >= 15 is 0 Å². The Morgan fingerprint density at radius 3 is 2.09 bits per heavy atom. The summed E-state index contributed by atoms with van der Waals surface area (Å²) >= 11 is 0. The van der Waals surface area contributed by atoms with Crippen LogP contribution < -0.4 is 19.8 Å². The molecule has 0 unspecified atom stereocenters. The zero-order valence-electron chi connectivity index (χ0n) is 20.4. The summed E-state index contributed by atoms with van der Waals surface area (Å²) in [5, 5.41) is 4.01. The molecule has 0 spiro atoms. The fraction of sp³-hybridized carbons (Fsp3) is 0.481. The highest BCUT2D eigenvalue weighted by Crippen LogP contribution is 2.18. The Hall–Kier alpha value is -3.02. The molecule has 2 aromatic rings. The van der Waals surface area contributed by atoms with Crippen molar-refractivity contribution >= 4 is 17.8 Å². The number of carbonyl (C=O) groups excluding carboxylic acids is 1. The van der Waals surface area contributed by atoms with E-state index in [2.05, 4.69) is 48.3 Å². The largest absolute Gasteiger partial charge is 0.494 e. The lowest BCUT2D eigenvalue weighted by Crippen LogP contribution is -2.24. The molecule has 0 radical (unpaired) electrons. The van der Waals surface area contributed by atoms with Gasteiger partial charge >= 0.3 is 0 Å². The van der Waals surface area contributed by atoms with Gasteiger partial charge in [-0.2, -0.15) is 5.10 Å². The van der Waals surface area contributed by atoms with Gasteiger partial charge in [-0.25, -0.2) is 5.43 Å². The molecule has 1 N–H and O–H groups in total. The first kappa shape index (κ1) is 26.2. The Kier molecular flexibility index (Phi) is 12.5. The van der Waals surface area contributed by atoms with E-state index in [9.17, 15) is 4.79 Å². The number of ether oxygens (including phenoxy) is 2. The number of hydrazone groups is 1. The predicted octanol–water partition coefficient (Wildman–Crippen LogP) is 5.80. The smallest absolute Gasteiger partial charge is 0.277 e. The van der Waals surface area contributed by atoms with Crippen LogP contribution in [-0.4, -0.2) is 38.4 Å². The number of rotatable bonds is 16. The molecule has 1 amide bonds. The molecule has 6 heteroatoms. The van der Waals surface area contributed by atoms with E-state index in [1.165, 1.54) is 37.8 Å². The Morgan fingerprint density at radius 1 is 0.848 bits per heavy atom. The van der Waals surface area contributed by atoms with E-state index in [4.69, 9.17) is 9.47 Å². The number of nitrogens with zero attached hydrogens (tertiary/aromatic N) is 2. The maximum Gasteiger partial charge on any atom is 0.277 e. The van der Waals surface area contributed by atoms with Crippen molar-refractivity contribution in [1.82, 2.24) is 5.43 Å². The van der Waals surface area contributed by atoms with Crippen LogP contribution in [0.25, 0.3) is 0 Å². The molecule has 0 saturated carbocycles. The zero-order chi connectivity index (χ0) is 23.7. The zero-order valence-corrected chi connectivity index (χ0v) is 20.4. The number of nitrogens with one attached hydrogen (secondary N) is 1. The summed E-state index contributed by atoms with van der Waals surface area (Å²) in [4.78, 5) is 14.3. The first-order valence-electron chi connectivity index (χ1n) is 12.2. The fourth-order valence-electron chi connectivity index (χ4n) is 3.42. The van der Waals surface area contributed by atoms with E-state index < -0.39 is 0 Å². The maximum absolute atomic E-state index is 12.0. The number of anilines is 1. The van der Waals surface area contributed by atoms with Gasteiger partial charge in [-0.05, 0) is 62.2 Å². The van der Waals surface area contributed by atoms with Gasteiger partial charge in [0.2, 0.25) is 0 Å². The molecule has 0 aliphatic rings. The van der Waals surface area contributed by atoms with Gasteiger partial charge in [0.1, 0.15) is 11.5 Å². The molecule has 6 nitrogen and oxygen atoms in total. The Morgan fingerprint density at radius 2 is 1.45 bits per heavy atom. The minimum Gasteiger partial charge on any atom is -0.494 e. The first-order chi connectivity index (χ1) is 16.2. The molecule has 0 aliphatic heterocycles. The topological polar surface area (TPSA) is 63.2 Å². The van der Waals surface area contributed by atoms with Crippen molar-refractivity contribution in [2.24, 2.45) is 5.10 Å². The number of unbranched alkanes of at least 4 members (excludes halogenated alkanes) is 5. The lowest BCUT2D eigenvalue weighted by molar-refractivity contribution is -0.123. The molecule has 2 rings (SSSR count). The van der Waals surface area contributed by atoms with Gasteiger partial charge in [0.15, 0.2) is 6.61 Å². The van der Waals surface area contributed by atoms with Crippen LogP contribution in [-0.2, 0) is 4.79 Å². The molecular formula is C27H39N3O3. The Labute approximate surface area is 199 Å². The van der Waals surface area contributed by atoms with E-state index in [1.807, 2.05) is 36.4 Å². The van der Waals surface area contributed by atoms with Crippen LogP contribution in [0.2, 0.25) is 0 Å². The summed E-state index contributed by atoms with van der Waals surface area (Å²) in [7, 11) is 0. The third kappa shape index (κ3) is 10.4. The van der Waals surface area contributed by atoms with Crippen molar-refractivity contribution in [3.05, 3.63) is 54.1 Å². The normalized spacial score (nSPS) is 10.9. The fourth-order valence-corrected chi connectivity index (χ4v) is 3.42. The quantitative estimate of drug-likeness (QED) is 0.198. The van der Waals surface area contributed by atoms with Gasteiger partial charge in [0.25, 0.3) is 5.91 Å². The van der Waals surface area contributed by atoms with Crippen LogP contribution in [0.3, 0.4) is 0 Å². The summed E-state index contributed by atoms with van der Waals surface area (Å²) < 4.78 is 11.3. The van der Waals surface area contributed by atoms with Crippen molar-refractivity contribution in [2.75, 3.05) is 31.2 Å². The third-order valence-corrected chi connectivity index (χ3v) is 5.38. The average Bonchev–Trinajstić information content (AvgIpc) is 2.84. The maximum atomic E-state index is 12.0. The summed E-state index contributed by atoms with van der Waals surface area (Å²) in [5.41, 5.74) is 4.59. The summed E-state index contributed by atoms with van der Waals surface area (Å²) in [6.45, 7) is 9.06. The van der Waals surface area contributed by atoms with E-state index in [-0.39, 0.29) is 12.5 Å². The number of amides is 1. The second-order valence-corrected chi connectivity index (χ2v) is 7.93. The van der Waals surface area contributed by atoms with Crippen LogP contribution in [0.5, 0.6) is 11.5 Å². The van der Waals surface area contributed by atoms with Gasteiger partial charge < -0.3 is 14.4 Å². The van der Waals surface area contributed by atoms with Crippen molar-refractivity contribution in [3.63, 3.8) is 0 Å². The van der Waals surface area contributed by atoms with E-state index in [0.717, 1.165) is 37.4 Å². The molecule has 0 atom stereocenters. The van der Waals surface area contributed by atoms with Gasteiger partial charge in [-0.3, -0.25) is 4.79 Å². The monoisotopic (exact) mass is 453 g/mol. The summed E-state index contributed by atoms with van der Waals surface area (Å²) in [6.07, 6.45) is 9.08. The molecule has 0 bridgehead atoms. The van der Waals surface area contributed by atoms with Crippen LogP contribution in [0, 0.1) is 0 Å². The number of hydrogen-bond acceptors (Lipinski definition) is 5. The molecule has 0 aliphatic carbocycles. The van der Waals surface area contributed by atoms with Gasteiger partial charge in [-0.1, -0.05) is 51.2 Å². The van der Waals surface area contributed by atoms with Gasteiger partial charge in [0, 0.05) is 18.8 Å². The first-order valence-corrected chi connectivity index (χ1v) is 12.2. The van der Waals surface area contributed by atoms with Crippen LogP contribution in [0.1, 0.15) is 64.9 Å². The summed E-state index contributed by atoms with van der Waals surface area (Å²) in [6, 6.07) is 15.4. The van der Waals surface area contributed by atoms with Crippen molar-refractivity contribution < 1.29 is 14.3 Å². The standard InChI is InChI=1S/C27H39N3O3/c1-4-7-8-9-10-11-20-32-25-16-18-26(19-17-25)33-22-27(31)29-28-21-23-12-14-24(15-13-23)30(5-2)6-3/h12-19,21H,4-11,20,22H2,1-3H3,(H,29,31). The lowest BCUT2D eigenvalue weighted by Gasteiger charge is -2.20. The minimum atomic E-state index is -0.311. The van der Waals surface area contributed by atoms with Crippen molar-refractivity contribution in [1.29, 1.82) is 0 Å². The third-order valence-electron chi connectivity index (χ3n) is 5.38. The van der Waals surface area contributed by atoms with Gasteiger partial charge in [0.05, 0.1) is 12.8 Å². The SMILES string of the molecule is CCCCCCCCOc1ccc(OCC(=O)NN=Cc2ccc(N(CC)CC)cc2)cc1. The minimum absolute atomic E-state index is 0.101. The molecule has 0 fully saturated rings. The number of benzene rings is 2. The van der Waals surface area contributed by atoms with Gasteiger partial charge in [-0.15, -0.1) is 0 Å². The number of hydrogen-bond donors (Lipinski definition) is 1. The van der Waals surface area contributed by atoms with Crippen molar-refractivity contribution in [3.8, 4) is 11.5 Å². The highest BCUT2D eigenvalue weighted by molar-refractivity contribution is 5.83. The van der Waals surface area contributed by atoms with Crippen LogP contribution >= 0.6 is 0 Å². The molecule has 2 aromatic carbocycles. The predicted molar refractivity (Wildman–Crippen MR) is 137 cm³/mol. The molecule has 33 heavy (non-hydrogen) atoms. The second-order valence-electron chi connectivity index (χ2n) is 7.93. The molecule has 180 valence electrons. The molecule has 0 heterocycles. The number of carbonyl (C=O) groups is 1. The van der Waals surface area contributed by atoms with E-state index in [1.54, 1.807) is 6.21 Å². The lowest BCUT2D eigenvalue weighted by atomic mass is 10.1. The molecule has 0 saturated heterocycles.